The fourth-order valence-corrected chi connectivity index (χ4v) is 3.83. The molecule has 10 heteroatoms. The van der Waals surface area contributed by atoms with E-state index >= 15 is 0 Å². The normalized spacial score (nSPS) is 13.5. The molecule has 0 spiro atoms. The Kier molecular flexibility index (Phi) is 6.25. The summed E-state index contributed by atoms with van der Waals surface area (Å²) in [5.41, 5.74) is -1.08. The van der Waals surface area contributed by atoms with E-state index < -0.39 is 35.6 Å². The molecule has 0 saturated heterocycles. The molecule has 1 amide bonds. The Morgan fingerprint density at radius 1 is 1.14 bits per heavy atom. The lowest BCUT2D eigenvalue weighted by Gasteiger charge is -2.27. The zero-order valence-corrected chi connectivity index (χ0v) is 18.6. The summed E-state index contributed by atoms with van der Waals surface area (Å²) < 4.78 is 54.9. The molecule has 0 fully saturated rings. The number of benzene rings is 2. The standard InChI is InChI=1S/C25H20F4N4O2/c1-3-24(35,25(27,28)29)22-13-33(14-31-22)12-15-4-9-18-19(16-5-7-17(26)8-6-16)11-21(23(34)30-2)32-20(18)10-15/h4-11,13-14,35H,2-3,12H2,1H3/t24-/m0/s1. The number of hydrogen-bond donors (Lipinski definition) is 1. The first-order chi connectivity index (χ1) is 16.6. The molecule has 1 N–H and O–H groups in total. The van der Waals surface area contributed by atoms with E-state index in [0.717, 1.165) is 6.20 Å². The highest BCUT2D eigenvalue weighted by Crippen LogP contribution is 2.40. The summed E-state index contributed by atoms with van der Waals surface area (Å²) in [4.78, 5) is 23.8. The second-order valence-corrected chi connectivity index (χ2v) is 8.02. The van der Waals surface area contributed by atoms with Crippen molar-refractivity contribution in [2.24, 2.45) is 4.99 Å². The van der Waals surface area contributed by atoms with Crippen LogP contribution < -0.4 is 0 Å². The average molecular weight is 484 g/mol. The molecule has 0 radical (unpaired) electrons. The predicted molar refractivity (Wildman–Crippen MR) is 123 cm³/mol. The monoisotopic (exact) mass is 484 g/mol. The van der Waals surface area contributed by atoms with Gasteiger partial charge in [-0.25, -0.2) is 19.4 Å². The molecule has 0 aliphatic heterocycles. The van der Waals surface area contributed by atoms with Gasteiger partial charge in [-0.1, -0.05) is 31.2 Å². The number of fused-ring (bicyclic) bond motifs is 1. The lowest BCUT2D eigenvalue weighted by Crippen LogP contribution is -2.42. The van der Waals surface area contributed by atoms with Crippen molar-refractivity contribution < 1.29 is 27.5 Å². The summed E-state index contributed by atoms with van der Waals surface area (Å²) in [6.45, 7) is 4.63. The van der Waals surface area contributed by atoms with Gasteiger partial charge < -0.3 is 9.67 Å². The minimum atomic E-state index is -4.87. The minimum Gasteiger partial charge on any atom is -0.375 e. The van der Waals surface area contributed by atoms with Crippen LogP contribution in [0.15, 0.2) is 66.0 Å². The number of rotatable bonds is 6. The number of alkyl halides is 3. The topological polar surface area (TPSA) is 80.4 Å². The van der Waals surface area contributed by atoms with E-state index in [0.29, 0.717) is 27.6 Å². The quantitative estimate of drug-likeness (QED) is 0.298. The van der Waals surface area contributed by atoms with Gasteiger partial charge in [0.2, 0.25) is 5.60 Å². The molecule has 0 aliphatic carbocycles. The first-order valence-corrected chi connectivity index (χ1v) is 10.6. The summed E-state index contributed by atoms with van der Waals surface area (Å²) >= 11 is 0. The van der Waals surface area contributed by atoms with Crippen LogP contribution in [0.1, 0.15) is 35.1 Å². The Balaban J connectivity index is 1.75. The number of halogens is 4. The van der Waals surface area contributed by atoms with Crippen LogP contribution in [0, 0.1) is 5.82 Å². The summed E-state index contributed by atoms with van der Waals surface area (Å²) in [5, 5.41) is 10.8. The molecule has 35 heavy (non-hydrogen) atoms. The van der Waals surface area contributed by atoms with Gasteiger partial charge in [0.25, 0.3) is 5.91 Å². The average Bonchev–Trinajstić information content (AvgIpc) is 3.30. The number of aliphatic imine (C=N–C) groups is 1. The highest BCUT2D eigenvalue weighted by Gasteiger charge is 2.55. The van der Waals surface area contributed by atoms with E-state index in [9.17, 15) is 27.5 Å². The molecule has 1 atom stereocenters. The van der Waals surface area contributed by atoms with Crippen molar-refractivity contribution in [2.45, 2.75) is 31.7 Å². The van der Waals surface area contributed by atoms with Crippen molar-refractivity contribution in [1.29, 1.82) is 0 Å². The van der Waals surface area contributed by atoms with Gasteiger partial charge in [0.1, 0.15) is 11.5 Å². The number of hydrogen-bond acceptors (Lipinski definition) is 4. The number of imidazole rings is 1. The van der Waals surface area contributed by atoms with E-state index in [1.54, 1.807) is 36.4 Å². The highest BCUT2D eigenvalue weighted by molar-refractivity contribution is 6.02. The van der Waals surface area contributed by atoms with Crippen LogP contribution in [-0.4, -0.2) is 38.4 Å². The van der Waals surface area contributed by atoms with Crippen LogP contribution >= 0.6 is 0 Å². The molecule has 0 bridgehead atoms. The number of carbonyl (C=O) groups excluding carboxylic acids is 1. The number of aliphatic hydroxyl groups is 1. The molecule has 2 aromatic heterocycles. The SMILES string of the molecule is C=NC(=O)c1cc(-c2ccc(F)cc2)c2ccc(Cn3cnc([C@@](O)(CC)C(F)(F)F)c3)cc2n1. The van der Waals surface area contributed by atoms with Crippen molar-refractivity contribution in [3.05, 3.63) is 83.8 Å². The summed E-state index contributed by atoms with van der Waals surface area (Å²) in [7, 11) is 0. The van der Waals surface area contributed by atoms with E-state index in [2.05, 4.69) is 21.7 Å². The van der Waals surface area contributed by atoms with E-state index in [1.807, 2.05) is 0 Å². The third-order valence-electron chi connectivity index (χ3n) is 5.79. The molecule has 2 aromatic carbocycles. The first-order valence-electron chi connectivity index (χ1n) is 10.6. The minimum absolute atomic E-state index is 0.0482. The van der Waals surface area contributed by atoms with Crippen LogP contribution in [0.25, 0.3) is 22.0 Å². The molecule has 6 nitrogen and oxygen atoms in total. The maximum absolute atomic E-state index is 13.4. The Morgan fingerprint density at radius 3 is 2.49 bits per heavy atom. The van der Waals surface area contributed by atoms with E-state index in [4.69, 9.17) is 0 Å². The van der Waals surface area contributed by atoms with Crippen molar-refractivity contribution in [3.63, 3.8) is 0 Å². The van der Waals surface area contributed by atoms with E-state index in [-0.39, 0.29) is 12.2 Å². The Hall–Kier alpha value is -3.92. The van der Waals surface area contributed by atoms with Gasteiger partial charge in [-0.15, -0.1) is 0 Å². The highest BCUT2D eigenvalue weighted by atomic mass is 19.4. The van der Waals surface area contributed by atoms with Crippen molar-refractivity contribution >= 4 is 23.5 Å². The third-order valence-corrected chi connectivity index (χ3v) is 5.79. The second-order valence-electron chi connectivity index (χ2n) is 8.02. The van der Waals surface area contributed by atoms with Crippen molar-refractivity contribution in [3.8, 4) is 11.1 Å². The lowest BCUT2D eigenvalue weighted by atomic mass is 9.96. The molecular weight excluding hydrogens is 464 g/mol. The fourth-order valence-electron chi connectivity index (χ4n) is 3.83. The van der Waals surface area contributed by atoms with Gasteiger partial charge in [-0.3, -0.25) is 4.79 Å². The van der Waals surface area contributed by atoms with Crippen LogP contribution in [-0.2, 0) is 12.1 Å². The molecule has 0 aliphatic rings. The molecule has 180 valence electrons. The number of carbonyl (C=O) groups is 1. The van der Waals surface area contributed by atoms with Crippen LogP contribution in [0.4, 0.5) is 17.6 Å². The Labute approximate surface area is 197 Å². The Bertz CT molecular complexity index is 1410. The smallest absolute Gasteiger partial charge is 0.375 e. The van der Waals surface area contributed by atoms with Crippen LogP contribution in [0.3, 0.4) is 0 Å². The van der Waals surface area contributed by atoms with Gasteiger partial charge in [0.15, 0.2) is 0 Å². The maximum Gasteiger partial charge on any atom is 0.423 e. The first kappa shape index (κ1) is 24.2. The fraction of sp³-hybridized carbons (Fsp3) is 0.200. The zero-order chi connectivity index (χ0) is 25.4. The number of amides is 1. The zero-order valence-electron chi connectivity index (χ0n) is 18.6. The van der Waals surface area contributed by atoms with Gasteiger partial charge in [-0.05, 0) is 54.1 Å². The largest absolute Gasteiger partial charge is 0.423 e. The summed E-state index contributed by atoms with van der Waals surface area (Å²) in [6, 6.07) is 12.5. The van der Waals surface area contributed by atoms with Gasteiger partial charge in [-0.2, -0.15) is 13.2 Å². The van der Waals surface area contributed by atoms with Gasteiger partial charge in [0.05, 0.1) is 17.5 Å². The molecule has 4 aromatic rings. The molecule has 4 rings (SSSR count). The van der Waals surface area contributed by atoms with E-state index in [1.165, 1.54) is 30.0 Å². The Morgan fingerprint density at radius 2 is 1.86 bits per heavy atom. The number of pyridine rings is 1. The van der Waals surface area contributed by atoms with Crippen LogP contribution in [0.2, 0.25) is 0 Å². The van der Waals surface area contributed by atoms with Crippen molar-refractivity contribution in [1.82, 2.24) is 14.5 Å². The third kappa shape index (κ3) is 4.57. The predicted octanol–water partition coefficient (Wildman–Crippen LogP) is 5.29. The molecule has 0 unspecified atom stereocenters. The molecular formula is C25H20F4N4O2. The van der Waals surface area contributed by atoms with Gasteiger partial charge in [0, 0.05) is 18.1 Å². The number of nitrogens with zero attached hydrogens (tertiary/aromatic N) is 4. The maximum atomic E-state index is 13.4. The van der Waals surface area contributed by atoms with Crippen LogP contribution in [0.5, 0.6) is 0 Å². The summed E-state index contributed by atoms with van der Waals surface area (Å²) in [5.74, 6) is -1.04. The molecule has 0 saturated carbocycles. The number of aromatic nitrogens is 3. The summed E-state index contributed by atoms with van der Waals surface area (Å²) in [6.07, 6.45) is -3.08. The van der Waals surface area contributed by atoms with Crippen molar-refractivity contribution in [2.75, 3.05) is 0 Å². The van der Waals surface area contributed by atoms with Gasteiger partial charge >= 0.3 is 6.18 Å². The molecule has 2 heterocycles. The second kappa shape index (κ2) is 9.03. The lowest BCUT2D eigenvalue weighted by molar-refractivity contribution is -0.269.